The molecule has 0 bridgehead atoms. The number of nitrogens with zero attached hydrogens (tertiary/aromatic N) is 2. The van der Waals surface area contributed by atoms with Crippen molar-refractivity contribution in [2.75, 3.05) is 11.5 Å². The molecule has 0 unspecified atom stereocenters. The second kappa shape index (κ2) is 9.48. The third-order valence-electron chi connectivity index (χ3n) is 6.44. The van der Waals surface area contributed by atoms with Gasteiger partial charge in [-0.1, -0.05) is 64.6 Å². The van der Waals surface area contributed by atoms with E-state index in [9.17, 15) is 18.8 Å². The molecule has 1 saturated heterocycles. The zero-order valence-corrected chi connectivity index (χ0v) is 22.3. The standard InChI is InChI=1S/C26H17Cl4FN2O4/c1-3-37-14-8-5-12(6-9-14)22-23(26(36)32(22)13-7-4-11(2)15(31)10-13)33-24(34)16-17(25(33)35)19(28)21(30)20(29)18(16)27/h4-10,22-23H,3H2,1-2H3/t22-,23+/m0/s1. The van der Waals surface area contributed by atoms with E-state index in [0.29, 0.717) is 23.5 Å². The van der Waals surface area contributed by atoms with Crippen LogP contribution in [0.15, 0.2) is 42.5 Å². The number of ether oxygens (including phenoxy) is 1. The van der Waals surface area contributed by atoms with Crippen molar-refractivity contribution >= 4 is 69.8 Å². The lowest BCUT2D eigenvalue weighted by molar-refractivity contribution is -0.130. The number of β-lactam (4-membered cyclic amide) rings is 1. The van der Waals surface area contributed by atoms with Crippen LogP contribution in [0.1, 0.15) is 44.8 Å². The fraction of sp³-hybridized carbons (Fsp3) is 0.192. The molecule has 3 aromatic rings. The van der Waals surface area contributed by atoms with Gasteiger partial charge in [-0.15, -0.1) is 0 Å². The van der Waals surface area contributed by atoms with Crippen LogP contribution in [0.2, 0.25) is 20.1 Å². The molecule has 1 fully saturated rings. The van der Waals surface area contributed by atoms with E-state index in [4.69, 9.17) is 51.1 Å². The highest BCUT2D eigenvalue weighted by Gasteiger charge is 2.58. The third-order valence-corrected chi connectivity index (χ3v) is 8.25. The van der Waals surface area contributed by atoms with Crippen LogP contribution in [0.4, 0.5) is 10.1 Å². The fourth-order valence-corrected chi connectivity index (χ4v) is 5.64. The maximum Gasteiger partial charge on any atom is 0.264 e. The van der Waals surface area contributed by atoms with Gasteiger partial charge in [0.2, 0.25) is 0 Å². The quantitative estimate of drug-likeness (QED) is 0.142. The predicted octanol–water partition coefficient (Wildman–Crippen LogP) is 6.90. The summed E-state index contributed by atoms with van der Waals surface area (Å²) in [6.45, 7) is 3.91. The first-order valence-electron chi connectivity index (χ1n) is 11.1. The highest BCUT2D eigenvalue weighted by Crippen LogP contribution is 2.49. The number of hydrogen-bond donors (Lipinski definition) is 0. The molecule has 2 aliphatic rings. The monoisotopic (exact) mass is 580 g/mol. The summed E-state index contributed by atoms with van der Waals surface area (Å²) in [6.07, 6.45) is 0. The van der Waals surface area contributed by atoms with Crippen LogP contribution in [0.3, 0.4) is 0 Å². The van der Waals surface area contributed by atoms with Gasteiger partial charge in [-0.25, -0.2) is 4.39 Å². The Hall–Kier alpha value is -2.84. The lowest BCUT2D eigenvalue weighted by atomic mass is 9.86. The van der Waals surface area contributed by atoms with Gasteiger partial charge in [0.15, 0.2) is 0 Å². The Morgan fingerprint density at radius 1 is 0.811 bits per heavy atom. The molecule has 2 aliphatic heterocycles. The van der Waals surface area contributed by atoms with E-state index in [-0.39, 0.29) is 36.9 Å². The van der Waals surface area contributed by atoms with Crippen LogP contribution >= 0.6 is 46.4 Å². The summed E-state index contributed by atoms with van der Waals surface area (Å²) in [5.74, 6) is -2.13. The number of carbonyl (C=O) groups is 3. The van der Waals surface area contributed by atoms with Gasteiger partial charge in [-0.05, 0) is 49.2 Å². The zero-order chi connectivity index (χ0) is 26.8. The molecule has 3 aromatic carbocycles. The van der Waals surface area contributed by atoms with Crippen LogP contribution in [0.25, 0.3) is 0 Å². The average Bonchev–Trinajstić information content (AvgIpc) is 3.13. The first-order chi connectivity index (χ1) is 17.6. The molecule has 0 radical (unpaired) electrons. The first kappa shape index (κ1) is 25.8. The molecular formula is C26H17Cl4FN2O4. The highest BCUT2D eigenvalue weighted by atomic mass is 35.5. The van der Waals surface area contributed by atoms with Crippen molar-refractivity contribution in [2.45, 2.75) is 25.9 Å². The highest BCUT2D eigenvalue weighted by molar-refractivity contribution is 6.55. The predicted molar refractivity (Wildman–Crippen MR) is 140 cm³/mol. The molecule has 0 aliphatic carbocycles. The molecule has 11 heteroatoms. The van der Waals surface area contributed by atoms with Crippen LogP contribution in [0.5, 0.6) is 5.75 Å². The molecule has 6 nitrogen and oxygen atoms in total. The Morgan fingerprint density at radius 2 is 1.38 bits per heavy atom. The largest absolute Gasteiger partial charge is 0.494 e. The summed E-state index contributed by atoms with van der Waals surface area (Å²) in [5, 5.41) is -0.799. The van der Waals surface area contributed by atoms with Crippen LogP contribution in [0, 0.1) is 12.7 Å². The minimum Gasteiger partial charge on any atom is -0.494 e. The van der Waals surface area contributed by atoms with E-state index in [0.717, 1.165) is 4.90 Å². The SMILES string of the molecule is CCOc1ccc([C@H]2[C@@H](N3C(=O)c4c(Cl)c(Cl)c(Cl)c(Cl)c4C3=O)C(=O)N2c2ccc(C)c(F)c2)cc1. The Labute approximate surface area is 231 Å². The van der Waals surface area contributed by atoms with E-state index < -0.39 is 35.6 Å². The number of amides is 3. The molecule has 0 saturated carbocycles. The fourth-order valence-electron chi connectivity index (χ4n) is 4.62. The number of hydrogen-bond acceptors (Lipinski definition) is 4. The van der Waals surface area contributed by atoms with Crippen molar-refractivity contribution in [3.8, 4) is 5.75 Å². The number of carbonyl (C=O) groups excluding carboxylic acids is 3. The van der Waals surface area contributed by atoms with E-state index >= 15 is 0 Å². The van der Waals surface area contributed by atoms with Crippen LogP contribution in [-0.4, -0.2) is 35.3 Å². The molecule has 5 rings (SSSR count). The molecule has 3 amide bonds. The van der Waals surface area contributed by atoms with Crippen molar-refractivity contribution in [3.05, 3.63) is 90.6 Å². The van der Waals surface area contributed by atoms with Gasteiger partial charge < -0.3 is 9.64 Å². The molecule has 190 valence electrons. The second-order valence-corrected chi connectivity index (χ2v) is 10.0. The summed E-state index contributed by atoms with van der Waals surface area (Å²) in [5.41, 5.74) is 0.846. The molecule has 0 spiro atoms. The number of anilines is 1. The van der Waals surface area contributed by atoms with Crippen molar-refractivity contribution in [2.24, 2.45) is 0 Å². The molecule has 0 N–H and O–H groups in total. The minimum absolute atomic E-state index is 0.171. The van der Waals surface area contributed by atoms with E-state index in [2.05, 4.69) is 0 Å². The number of aryl methyl sites for hydroxylation is 1. The van der Waals surface area contributed by atoms with Gasteiger partial charge in [0.05, 0.1) is 43.9 Å². The van der Waals surface area contributed by atoms with E-state index in [1.54, 1.807) is 43.3 Å². The Bertz CT molecular complexity index is 1450. The average molecular weight is 582 g/mol. The molecule has 37 heavy (non-hydrogen) atoms. The normalized spacial score (nSPS) is 18.8. The summed E-state index contributed by atoms with van der Waals surface area (Å²) >= 11 is 24.8. The maximum absolute atomic E-state index is 14.4. The van der Waals surface area contributed by atoms with E-state index in [1.807, 2.05) is 6.92 Å². The van der Waals surface area contributed by atoms with Gasteiger partial charge >= 0.3 is 0 Å². The number of imide groups is 1. The van der Waals surface area contributed by atoms with Crippen molar-refractivity contribution in [1.29, 1.82) is 0 Å². The second-order valence-electron chi connectivity index (χ2n) is 8.52. The van der Waals surface area contributed by atoms with Gasteiger partial charge in [0.1, 0.15) is 17.6 Å². The number of fused-ring (bicyclic) bond motifs is 1. The Morgan fingerprint density at radius 3 is 1.89 bits per heavy atom. The van der Waals surface area contributed by atoms with Gasteiger partial charge in [0, 0.05) is 5.69 Å². The smallest absolute Gasteiger partial charge is 0.264 e. The zero-order valence-electron chi connectivity index (χ0n) is 19.3. The Balaban J connectivity index is 1.62. The summed E-state index contributed by atoms with van der Waals surface area (Å²) < 4.78 is 19.9. The summed E-state index contributed by atoms with van der Waals surface area (Å²) in [6, 6.07) is 9.17. The topological polar surface area (TPSA) is 66.9 Å². The van der Waals surface area contributed by atoms with Crippen LogP contribution in [-0.2, 0) is 4.79 Å². The van der Waals surface area contributed by atoms with Crippen molar-refractivity contribution < 1.29 is 23.5 Å². The lowest BCUT2D eigenvalue weighted by Crippen LogP contribution is -2.67. The van der Waals surface area contributed by atoms with Gasteiger partial charge in [-0.3, -0.25) is 19.3 Å². The maximum atomic E-state index is 14.4. The summed E-state index contributed by atoms with van der Waals surface area (Å²) in [4.78, 5) is 42.7. The molecule has 2 atom stereocenters. The molecule has 2 heterocycles. The third kappa shape index (κ3) is 3.87. The van der Waals surface area contributed by atoms with Crippen LogP contribution < -0.4 is 9.64 Å². The lowest BCUT2D eigenvalue weighted by Gasteiger charge is -2.49. The number of rotatable bonds is 5. The molecular weight excluding hydrogens is 565 g/mol. The minimum atomic E-state index is -1.25. The molecule has 0 aromatic heterocycles. The number of benzene rings is 3. The Kier molecular flexibility index (Phi) is 6.61. The van der Waals surface area contributed by atoms with Crippen molar-refractivity contribution in [3.63, 3.8) is 0 Å². The van der Waals surface area contributed by atoms with Gasteiger partial charge in [-0.2, -0.15) is 0 Å². The van der Waals surface area contributed by atoms with E-state index in [1.165, 1.54) is 11.0 Å². The van der Waals surface area contributed by atoms with Crippen molar-refractivity contribution in [1.82, 2.24) is 4.90 Å². The first-order valence-corrected chi connectivity index (χ1v) is 12.6. The summed E-state index contributed by atoms with van der Waals surface area (Å²) in [7, 11) is 0. The number of halogens is 5. The van der Waals surface area contributed by atoms with Gasteiger partial charge in [0.25, 0.3) is 17.7 Å².